The van der Waals surface area contributed by atoms with Crippen LogP contribution in [0.15, 0.2) is 18.2 Å². The van der Waals surface area contributed by atoms with E-state index in [1.54, 1.807) is 11.0 Å². The van der Waals surface area contributed by atoms with E-state index >= 15 is 0 Å². The Labute approximate surface area is 160 Å². The molecular weight excluding hydrogens is 351 g/mol. The Kier molecular flexibility index (Phi) is 9.21. The lowest BCUT2D eigenvalue weighted by Crippen LogP contribution is -2.41. The molecule has 0 spiro atoms. The van der Waals surface area contributed by atoms with Crippen molar-refractivity contribution in [3.8, 4) is 5.75 Å². The van der Waals surface area contributed by atoms with Gasteiger partial charge in [0.1, 0.15) is 17.2 Å². The Bertz CT molecular complexity index is 608. The van der Waals surface area contributed by atoms with E-state index in [2.05, 4.69) is 5.73 Å². The second-order valence-electron chi connectivity index (χ2n) is 7.35. The van der Waals surface area contributed by atoms with Gasteiger partial charge in [-0.1, -0.05) is 0 Å². The number of aldehydes is 1. The van der Waals surface area contributed by atoms with Gasteiger partial charge in [-0.05, 0) is 65.1 Å². The third-order valence-electron chi connectivity index (χ3n) is 4.16. The zero-order valence-electron chi connectivity index (χ0n) is 16.7. The van der Waals surface area contributed by atoms with E-state index in [1.807, 2.05) is 20.8 Å². The molecule has 1 aromatic carbocycles. The molecule has 2 rings (SSSR count). The number of rotatable bonds is 5. The topological polar surface area (TPSA) is 81.9 Å². The summed E-state index contributed by atoms with van der Waals surface area (Å²) in [6, 6.07) is 4.24. The van der Waals surface area contributed by atoms with Crippen LogP contribution in [0.4, 0.5) is 9.18 Å². The summed E-state index contributed by atoms with van der Waals surface area (Å²) < 4.78 is 24.5. The van der Waals surface area contributed by atoms with Crippen LogP contribution in [0.5, 0.6) is 5.75 Å². The molecule has 152 valence electrons. The third-order valence-corrected chi connectivity index (χ3v) is 4.16. The quantitative estimate of drug-likeness (QED) is 0.787. The van der Waals surface area contributed by atoms with Gasteiger partial charge in [-0.2, -0.15) is 0 Å². The fourth-order valence-electron chi connectivity index (χ4n) is 2.77. The lowest BCUT2D eigenvalue weighted by molar-refractivity contribution is 0.0177. The molecule has 2 N–H and O–H groups in total. The van der Waals surface area contributed by atoms with E-state index in [9.17, 15) is 14.0 Å². The van der Waals surface area contributed by atoms with Gasteiger partial charge in [-0.3, -0.25) is 4.79 Å². The lowest BCUT2D eigenvalue weighted by atomic mass is 9.94. The molecule has 1 heterocycles. The van der Waals surface area contributed by atoms with Gasteiger partial charge in [0.25, 0.3) is 0 Å². The molecule has 0 radical (unpaired) electrons. The number of hydrogen-bond acceptors (Lipinski definition) is 5. The fourth-order valence-corrected chi connectivity index (χ4v) is 2.77. The molecule has 6 nitrogen and oxygen atoms in total. The average molecular weight is 382 g/mol. The van der Waals surface area contributed by atoms with Crippen molar-refractivity contribution in [1.29, 1.82) is 0 Å². The van der Waals surface area contributed by atoms with Crippen LogP contribution < -0.4 is 10.5 Å². The van der Waals surface area contributed by atoms with Gasteiger partial charge in [0.15, 0.2) is 6.29 Å². The van der Waals surface area contributed by atoms with Crippen molar-refractivity contribution < 1.29 is 23.5 Å². The molecule has 1 aliphatic rings. The van der Waals surface area contributed by atoms with Crippen molar-refractivity contribution >= 4 is 12.4 Å². The standard InChI is InChI=1S/C19H26FNO4.CH5N/c1-19(2,3)25-18(23)21-9-6-14(7-10-21)8-11-24-16-5-4-15(13-22)17(20)12-16;1-2/h4-5,12-14H,6-11H2,1-3H3;2H2,1H3. The van der Waals surface area contributed by atoms with Crippen molar-refractivity contribution in [2.75, 3.05) is 26.7 Å². The highest BCUT2D eigenvalue weighted by Gasteiger charge is 2.26. The zero-order chi connectivity index (χ0) is 20.4. The summed E-state index contributed by atoms with van der Waals surface area (Å²) in [7, 11) is 1.50. The number of amides is 1. The number of ether oxygens (including phenoxy) is 2. The highest BCUT2D eigenvalue weighted by molar-refractivity contribution is 5.75. The van der Waals surface area contributed by atoms with Gasteiger partial charge in [-0.25, -0.2) is 9.18 Å². The van der Waals surface area contributed by atoms with Crippen molar-refractivity contribution in [2.24, 2.45) is 11.7 Å². The number of likely N-dealkylation sites (tertiary alicyclic amines) is 1. The van der Waals surface area contributed by atoms with Gasteiger partial charge in [0.2, 0.25) is 0 Å². The summed E-state index contributed by atoms with van der Waals surface area (Å²) in [6.07, 6.45) is 2.88. The van der Waals surface area contributed by atoms with Gasteiger partial charge < -0.3 is 20.1 Å². The third kappa shape index (κ3) is 7.95. The maximum Gasteiger partial charge on any atom is 0.410 e. The summed E-state index contributed by atoms with van der Waals surface area (Å²) in [5, 5.41) is 0. The van der Waals surface area contributed by atoms with Gasteiger partial charge in [0, 0.05) is 19.2 Å². The number of hydrogen-bond donors (Lipinski definition) is 1. The van der Waals surface area contributed by atoms with E-state index in [-0.39, 0.29) is 11.7 Å². The van der Waals surface area contributed by atoms with Crippen LogP contribution in [0, 0.1) is 11.7 Å². The summed E-state index contributed by atoms with van der Waals surface area (Å²) in [6.45, 7) is 7.43. The smallest absolute Gasteiger partial charge is 0.410 e. The van der Waals surface area contributed by atoms with Crippen LogP contribution >= 0.6 is 0 Å². The van der Waals surface area contributed by atoms with Crippen LogP contribution in [0.3, 0.4) is 0 Å². The van der Waals surface area contributed by atoms with Gasteiger partial charge in [0.05, 0.1) is 12.2 Å². The molecule has 0 saturated carbocycles. The Hall–Kier alpha value is -2.15. The second kappa shape index (κ2) is 10.9. The van der Waals surface area contributed by atoms with E-state index in [0.717, 1.165) is 19.3 Å². The number of carbonyl (C=O) groups excluding carboxylic acids is 2. The largest absolute Gasteiger partial charge is 0.493 e. The summed E-state index contributed by atoms with van der Waals surface area (Å²) in [5.41, 5.74) is 4.05. The van der Waals surface area contributed by atoms with Crippen LogP contribution in [0.25, 0.3) is 0 Å². The first-order valence-corrected chi connectivity index (χ1v) is 9.21. The first kappa shape index (κ1) is 22.9. The normalized spacial score (nSPS) is 14.8. The van der Waals surface area contributed by atoms with Crippen LogP contribution in [0.2, 0.25) is 0 Å². The van der Waals surface area contributed by atoms with Crippen LogP contribution in [-0.4, -0.2) is 49.6 Å². The molecule has 1 fully saturated rings. The number of nitrogens with two attached hydrogens (primary N) is 1. The Balaban J connectivity index is 0.00000176. The zero-order valence-corrected chi connectivity index (χ0v) is 16.7. The van der Waals surface area contributed by atoms with E-state index in [4.69, 9.17) is 9.47 Å². The molecule has 1 aliphatic heterocycles. The number of nitrogens with zero attached hydrogens (tertiary/aromatic N) is 1. The molecule has 1 saturated heterocycles. The Morgan fingerprint density at radius 2 is 1.93 bits per heavy atom. The van der Waals surface area contributed by atoms with Crippen molar-refractivity contribution in [1.82, 2.24) is 4.90 Å². The first-order chi connectivity index (χ1) is 12.8. The molecule has 0 aliphatic carbocycles. The Morgan fingerprint density at radius 3 is 2.44 bits per heavy atom. The van der Waals surface area contributed by atoms with E-state index in [1.165, 1.54) is 19.2 Å². The summed E-state index contributed by atoms with van der Waals surface area (Å²) >= 11 is 0. The highest BCUT2D eigenvalue weighted by Crippen LogP contribution is 2.23. The van der Waals surface area contributed by atoms with Gasteiger partial charge in [-0.15, -0.1) is 0 Å². The molecule has 0 atom stereocenters. The molecule has 27 heavy (non-hydrogen) atoms. The monoisotopic (exact) mass is 382 g/mol. The molecule has 1 amide bonds. The number of piperidine rings is 1. The van der Waals surface area contributed by atoms with Crippen molar-refractivity contribution in [2.45, 2.75) is 45.6 Å². The van der Waals surface area contributed by atoms with Gasteiger partial charge >= 0.3 is 6.09 Å². The second-order valence-corrected chi connectivity index (χ2v) is 7.35. The van der Waals surface area contributed by atoms with Crippen molar-refractivity contribution in [3.63, 3.8) is 0 Å². The number of carbonyl (C=O) groups is 2. The summed E-state index contributed by atoms with van der Waals surface area (Å²) in [4.78, 5) is 24.4. The first-order valence-electron chi connectivity index (χ1n) is 9.21. The molecular formula is C20H31FN2O4. The molecule has 7 heteroatoms. The van der Waals surface area contributed by atoms with E-state index in [0.29, 0.717) is 37.6 Å². The maximum absolute atomic E-state index is 13.5. The highest BCUT2D eigenvalue weighted by atomic mass is 19.1. The van der Waals surface area contributed by atoms with Crippen LogP contribution in [-0.2, 0) is 4.74 Å². The minimum absolute atomic E-state index is 0.0295. The predicted molar refractivity (Wildman–Crippen MR) is 103 cm³/mol. The number of halogens is 1. The minimum Gasteiger partial charge on any atom is -0.493 e. The predicted octanol–water partition coefficient (Wildman–Crippen LogP) is 3.63. The minimum atomic E-state index is -0.571. The molecule has 0 aromatic heterocycles. The fraction of sp³-hybridized carbons (Fsp3) is 0.600. The average Bonchev–Trinajstić information content (AvgIpc) is 2.63. The summed E-state index contributed by atoms with van der Waals surface area (Å²) in [5.74, 6) is 0.324. The van der Waals surface area contributed by atoms with Crippen molar-refractivity contribution in [3.05, 3.63) is 29.6 Å². The van der Waals surface area contributed by atoms with Crippen LogP contribution in [0.1, 0.15) is 50.4 Å². The molecule has 0 unspecified atom stereocenters. The Morgan fingerprint density at radius 1 is 1.30 bits per heavy atom. The maximum atomic E-state index is 13.5. The lowest BCUT2D eigenvalue weighted by Gasteiger charge is -2.33. The molecule has 0 bridgehead atoms. The SMILES string of the molecule is CC(C)(C)OC(=O)N1CCC(CCOc2ccc(C=O)c(F)c2)CC1.CN. The van der Waals surface area contributed by atoms with E-state index < -0.39 is 11.4 Å². The number of benzene rings is 1. The molecule has 1 aromatic rings.